The first-order valence-corrected chi connectivity index (χ1v) is 7.89. The highest BCUT2D eigenvalue weighted by Crippen LogP contribution is 2.27. The molecule has 1 aromatic rings. The molecule has 5 heteroatoms. The third-order valence-corrected chi connectivity index (χ3v) is 4.46. The van der Waals surface area contributed by atoms with Crippen LogP contribution < -0.4 is 5.32 Å². The van der Waals surface area contributed by atoms with Gasteiger partial charge in [-0.25, -0.2) is 0 Å². The van der Waals surface area contributed by atoms with Gasteiger partial charge in [-0.05, 0) is 43.2 Å². The lowest BCUT2D eigenvalue weighted by Crippen LogP contribution is -2.40. The predicted octanol–water partition coefficient (Wildman–Crippen LogP) is 3.10. The highest BCUT2D eigenvalue weighted by atomic mass is 35.5. The van der Waals surface area contributed by atoms with E-state index in [0.717, 1.165) is 29.9 Å². The van der Waals surface area contributed by atoms with Crippen molar-refractivity contribution in [2.45, 2.75) is 43.2 Å². The van der Waals surface area contributed by atoms with Crippen molar-refractivity contribution in [1.82, 2.24) is 5.32 Å². The number of hydrogen-bond donors (Lipinski definition) is 2. The Hall–Kier alpha value is -0.710. The highest BCUT2D eigenvalue weighted by molar-refractivity contribution is 7.99. The molecule has 0 unspecified atom stereocenters. The summed E-state index contributed by atoms with van der Waals surface area (Å²) in [6, 6.07) is 5.16. The molecule has 1 aromatic carbocycles. The lowest BCUT2D eigenvalue weighted by Gasteiger charge is -2.17. The number of aliphatic hydroxyl groups is 1. The van der Waals surface area contributed by atoms with Crippen molar-refractivity contribution in [3.63, 3.8) is 0 Å². The molecule has 3 nitrogen and oxygen atoms in total. The Morgan fingerprint density at radius 2 is 2.32 bits per heavy atom. The lowest BCUT2D eigenvalue weighted by atomic mass is 10.1. The van der Waals surface area contributed by atoms with E-state index in [4.69, 9.17) is 11.6 Å². The summed E-state index contributed by atoms with van der Waals surface area (Å²) >= 11 is 7.56. The summed E-state index contributed by atoms with van der Waals surface area (Å²) in [6.45, 7) is 2.04. The molecule has 0 aliphatic heterocycles. The van der Waals surface area contributed by atoms with Crippen molar-refractivity contribution in [3.05, 3.63) is 28.8 Å². The van der Waals surface area contributed by atoms with Gasteiger partial charge in [0.25, 0.3) is 5.91 Å². The fourth-order valence-electron chi connectivity index (χ4n) is 2.31. The number of aliphatic hydroxyl groups excluding tert-OH is 1. The van der Waals surface area contributed by atoms with Gasteiger partial charge in [0.15, 0.2) is 0 Å². The van der Waals surface area contributed by atoms with Crippen molar-refractivity contribution >= 4 is 29.3 Å². The van der Waals surface area contributed by atoms with E-state index in [1.807, 2.05) is 13.0 Å². The molecule has 0 heterocycles. The molecule has 0 saturated heterocycles. The summed E-state index contributed by atoms with van der Waals surface area (Å²) in [4.78, 5) is 13.2. The minimum atomic E-state index is -0.418. The Kier molecular flexibility index (Phi) is 5.13. The molecule has 2 N–H and O–H groups in total. The quantitative estimate of drug-likeness (QED) is 0.840. The minimum Gasteiger partial charge on any atom is -0.391 e. The summed E-state index contributed by atoms with van der Waals surface area (Å²) in [6.07, 6.45) is 2.15. The Morgan fingerprint density at radius 1 is 1.53 bits per heavy atom. The number of carbonyl (C=O) groups excluding carboxylic acids is 1. The number of amides is 1. The fourth-order valence-corrected chi connectivity index (χ4v) is 3.39. The van der Waals surface area contributed by atoms with Gasteiger partial charge in [-0.15, -0.1) is 11.8 Å². The van der Waals surface area contributed by atoms with Crippen molar-refractivity contribution in [1.29, 1.82) is 0 Å². The Labute approximate surface area is 122 Å². The zero-order chi connectivity index (χ0) is 13.8. The smallest absolute Gasteiger partial charge is 0.252 e. The monoisotopic (exact) mass is 299 g/mol. The normalized spacial score (nSPS) is 22.5. The van der Waals surface area contributed by atoms with Gasteiger partial charge in [0.2, 0.25) is 0 Å². The van der Waals surface area contributed by atoms with Gasteiger partial charge in [0, 0.05) is 9.92 Å². The molecule has 1 amide bonds. The standard InChI is InChI=1S/C14H18ClNO2S/c1-2-19-13-8-9(15)6-7-10(13)14(18)16-11-4-3-5-12(11)17/h6-8,11-12,17H,2-5H2,1H3,(H,16,18)/t11-,12+/m0/s1. The van der Waals surface area contributed by atoms with Gasteiger partial charge in [-0.1, -0.05) is 18.5 Å². The first-order chi connectivity index (χ1) is 9.11. The number of benzene rings is 1. The van der Waals surface area contributed by atoms with Crippen LogP contribution in [-0.2, 0) is 0 Å². The van der Waals surface area contributed by atoms with Crippen molar-refractivity contribution in [2.24, 2.45) is 0 Å². The number of hydrogen-bond acceptors (Lipinski definition) is 3. The molecule has 1 aliphatic rings. The van der Waals surface area contributed by atoms with Crippen molar-refractivity contribution < 1.29 is 9.90 Å². The number of carbonyl (C=O) groups is 1. The maximum Gasteiger partial charge on any atom is 0.252 e. The second kappa shape index (κ2) is 6.64. The first kappa shape index (κ1) is 14.7. The molecular formula is C14H18ClNO2S. The molecule has 2 atom stereocenters. The number of thioether (sulfide) groups is 1. The molecule has 0 bridgehead atoms. The van der Waals surface area contributed by atoms with E-state index in [9.17, 15) is 9.90 Å². The number of halogens is 1. The molecule has 0 radical (unpaired) electrons. The van der Waals surface area contributed by atoms with E-state index in [2.05, 4.69) is 5.32 Å². The van der Waals surface area contributed by atoms with Gasteiger partial charge < -0.3 is 10.4 Å². The van der Waals surface area contributed by atoms with Gasteiger partial charge in [0.05, 0.1) is 17.7 Å². The third-order valence-electron chi connectivity index (χ3n) is 3.28. The van der Waals surface area contributed by atoms with Crippen LogP contribution in [0, 0.1) is 0 Å². The summed E-state index contributed by atoms with van der Waals surface area (Å²) in [5.41, 5.74) is 0.635. The number of nitrogens with one attached hydrogen (secondary N) is 1. The van der Waals surface area contributed by atoms with Crippen LogP contribution in [0.4, 0.5) is 0 Å². The molecule has 2 rings (SSSR count). The van der Waals surface area contributed by atoms with E-state index < -0.39 is 6.10 Å². The largest absolute Gasteiger partial charge is 0.391 e. The highest BCUT2D eigenvalue weighted by Gasteiger charge is 2.27. The van der Waals surface area contributed by atoms with Crippen LogP contribution in [0.1, 0.15) is 36.5 Å². The molecule has 1 fully saturated rings. The second-order valence-corrected chi connectivity index (χ2v) is 6.39. The summed E-state index contributed by atoms with van der Waals surface area (Å²) < 4.78 is 0. The van der Waals surface area contributed by atoms with E-state index >= 15 is 0 Å². The van der Waals surface area contributed by atoms with E-state index in [-0.39, 0.29) is 11.9 Å². The van der Waals surface area contributed by atoms with Crippen LogP contribution in [0.15, 0.2) is 23.1 Å². The Morgan fingerprint density at radius 3 is 2.95 bits per heavy atom. The first-order valence-electron chi connectivity index (χ1n) is 6.53. The number of rotatable bonds is 4. The van der Waals surface area contributed by atoms with Crippen LogP contribution in [0.25, 0.3) is 0 Å². The van der Waals surface area contributed by atoms with Crippen molar-refractivity contribution in [2.75, 3.05) is 5.75 Å². The average Bonchev–Trinajstić information content (AvgIpc) is 2.75. The molecular weight excluding hydrogens is 282 g/mol. The van der Waals surface area contributed by atoms with Gasteiger partial charge in [-0.3, -0.25) is 4.79 Å². The SMILES string of the molecule is CCSc1cc(Cl)ccc1C(=O)N[C@H]1CCC[C@H]1O. The van der Waals surface area contributed by atoms with Crippen LogP contribution >= 0.6 is 23.4 Å². The maximum atomic E-state index is 12.3. The molecule has 1 aliphatic carbocycles. The average molecular weight is 300 g/mol. The molecule has 104 valence electrons. The summed E-state index contributed by atoms with van der Waals surface area (Å²) in [5, 5.41) is 13.3. The second-order valence-electron chi connectivity index (χ2n) is 4.65. The fraction of sp³-hybridized carbons (Fsp3) is 0.500. The van der Waals surface area contributed by atoms with E-state index in [1.165, 1.54) is 0 Å². The molecule has 19 heavy (non-hydrogen) atoms. The van der Waals surface area contributed by atoms with Crippen LogP contribution in [0.2, 0.25) is 5.02 Å². The van der Waals surface area contributed by atoms with Gasteiger partial charge >= 0.3 is 0 Å². The Balaban J connectivity index is 2.13. The zero-order valence-corrected chi connectivity index (χ0v) is 12.4. The Bertz CT molecular complexity index is 467. The van der Waals surface area contributed by atoms with Crippen LogP contribution in [0.3, 0.4) is 0 Å². The third kappa shape index (κ3) is 3.65. The lowest BCUT2D eigenvalue weighted by molar-refractivity contribution is 0.0870. The van der Waals surface area contributed by atoms with Crippen LogP contribution in [0.5, 0.6) is 0 Å². The predicted molar refractivity (Wildman–Crippen MR) is 79.0 cm³/mol. The maximum absolute atomic E-state index is 12.3. The topological polar surface area (TPSA) is 49.3 Å². The van der Waals surface area contributed by atoms with Crippen molar-refractivity contribution in [3.8, 4) is 0 Å². The van der Waals surface area contributed by atoms with E-state index in [0.29, 0.717) is 10.6 Å². The van der Waals surface area contributed by atoms with Crippen LogP contribution in [-0.4, -0.2) is 28.9 Å². The zero-order valence-electron chi connectivity index (χ0n) is 10.9. The van der Waals surface area contributed by atoms with E-state index in [1.54, 1.807) is 23.9 Å². The van der Waals surface area contributed by atoms with Gasteiger partial charge in [0.1, 0.15) is 0 Å². The molecule has 0 aromatic heterocycles. The molecule has 1 saturated carbocycles. The molecule has 0 spiro atoms. The summed E-state index contributed by atoms with van der Waals surface area (Å²) in [7, 11) is 0. The van der Waals surface area contributed by atoms with Gasteiger partial charge in [-0.2, -0.15) is 0 Å². The minimum absolute atomic E-state index is 0.123. The summed E-state index contributed by atoms with van der Waals surface area (Å²) in [5.74, 6) is 0.755.